The molecule has 19 heavy (non-hydrogen) atoms. The van der Waals surface area contributed by atoms with Gasteiger partial charge in [0.1, 0.15) is 0 Å². The third-order valence-corrected chi connectivity index (χ3v) is 3.92. The minimum absolute atomic E-state index is 0.242. The van der Waals surface area contributed by atoms with Gasteiger partial charge in [-0.2, -0.15) is 0 Å². The average molecular weight is 249 g/mol. The lowest BCUT2D eigenvalue weighted by Crippen LogP contribution is -2.20. The van der Waals surface area contributed by atoms with Gasteiger partial charge in [0.25, 0.3) is 0 Å². The van der Waals surface area contributed by atoms with Crippen LogP contribution in [0.25, 0.3) is 0 Å². The Balaban J connectivity index is 1.69. The second kappa shape index (κ2) is 5.58. The number of likely N-dealkylation sites (tertiary alicyclic amines) is 1. The van der Waals surface area contributed by atoms with Gasteiger partial charge in [-0.3, -0.25) is 4.90 Å². The Bertz CT molecular complexity index is 506. The van der Waals surface area contributed by atoms with Crippen molar-refractivity contribution in [3.8, 4) is 0 Å². The highest BCUT2D eigenvalue weighted by Gasteiger charge is 2.30. The fraction of sp³-hybridized carbons (Fsp3) is 0.278. The van der Waals surface area contributed by atoms with Crippen LogP contribution in [0.5, 0.6) is 0 Å². The quantitative estimate of drug-likeness (QED) is 0.803. The zero-order chi connectivity index (χ0) is 13.1. The number of hydrogen-bond donors (Lipinski definition) is 0. The molecule has 0 aliphatic carbocycles. The number of benzene rings is 2. The molecule has 2 aromatic carbocycles. The van der Waals surface area contributed by atoms with Crippen molar-refractivity contribution in [2.24, 2.45) is 5.92 Å². The molecule has 2 atom stereocenters. The van der Waals surface area contributed by atoms with Crippen LogP contribution < -0.4 is 0 Å². The summed E-state index contributed by atoms with van der Waals surface area (Å²) in [6, 6.07) is 21.3. The minimum atomic E-state index is 0.242. The fourth-order valence-corrected chi connectivity index (χ4v) is 2.94. The van der Waals surface area contributed by atoms with E-state index in [9.17, 15) is 0 Å². The van der Waals surface area contributed by atoms with Gasteiger partial charge in [0.05, 0.1) is 0 Å². The van der Waals surface area contributed by atoms with Gasteiger partial charge >= 0.3 is 0 Å². The van der Waals surface area contributed by atoms with Crippen molar-refractivity contribution >= 4 is 0 Å². The van der Waals surface area contributed by atoms with Gasteiger partial charge in [-0.25, -0.2) is 0 Å². The van der Waals surface area contributed by atoms with Crippen molar-refractivity contribution < 1.29 is 0 Å². The first-order chi connectivity index (χ1) is 9.33. The summed E-state index contributed by atoms with van der Waals surface area (Å²) in [6.07, 6.45) is 0. The molecule has 1 heterocycles. The van der Waals surface area contributed by atoms with E-state index in [1.807, 2.05) is 0 Å². The van der Waals surface area contributed by atoms with E-state index in [0.29, 0.717) is 5.92 Å². The second-order valence-electron chi connectivity index (χ2n) is 5.36. The van der Waals surface area contributed by atoms with Crippen molar-refractivity contribution in [1.29, 1.82) is 0 Å². The molecule has 0 N–H and O–H groups in total. The molecule has 2 radical (unpaired) electrons. The van der Waals surface area contributed by atoms with E-state index in [4.69, 9.17) is 6.92 Å². The van der Waals surface area contributed by atoms with Crippen molar-refractivity contribution in [1.82, 2.24) is 4.90 Å². The zero-order valence-electron chi connectivity index (χ0n) is 11.1. The van der Waals surface area contributed by atoms with E-state index in [1.165, 1.54) is 11.1 Å². The van der Waals surface area contributed by atoms with Gasteiger partial charge in [-0.05, 0) is 24.0 Å². The van der Waals surface area contributed by atoms with Gasteiger partial charge in [0.2, 0.25) is 0 Å². The summed E-state index contributed by atoms with van der Waals surface area (Å²) in [5.74, 6) is 0.705. The lowest BCUT2D eigenvalue weighted by atomic mass is 9.90. The Hall–Kier alpha value is -1.60. The molecule has 3 rings (SSSR count). The largest absolute Gasteiger partial charge is 0.298 e. The topological polar surface area (TPSA) is 3.24 Å². The van der Waals surface area contributed by atoms with E-state index < -0.39 is 0 Å². The highest BCUT2D eigenvalue weighted by molar-refractivity contribution is 5.23. The third-order valence-electron chi connectivity index (χ3n) is 3.92. The minimum Gasteiger partial charge on any atom is -0.298 e. The van der Waals surface area contributed by atoms with Crippen LogP contribution in [0.4, 0.5) is 0 Å². The van der Waals surface area contributed by atoms with Gasteiger partial charge < -0.3 is 0 Å². The van der Waals surface area contributed by atoms with Gasteiger partial charge in [0, 0.05) is 25.6 Å². The molecule has 1 heteroatoms. The molecule has 1 nitrogen and oxygen atoms in total. The fourth-order valence-electron chi connectivity index (χ4n) is 2.94. The summed E-state index contributed by atoms with van der Waals surface area (Å²) in [5, 5.41) is 0. The van der Waals surface area contributed by atoms with E-state index in [-0.39, 0.29) is 5.92 Å². The molecule has 0 saturated carbocycles. The Morgan fingerprint density at radius 3 is 2.21 bits per heavy atom. The van der Waals surface area contributed by atoms with Crippen molar-refractivity contribution in [3.63, 3.8) is 0 Å². The van der Waals surface area contributed by atoms with E-state index >= 15 is 0 Å². The standard InChI is InChI=1S/C18H19N/c1-15-12-19(13-16-8-4-2-5-9-16)14-18(15)17-10-6-3-7-11-17/h1-11,15,18H,12-14H2/t15-,18-/m0/s1. The van der Waals surface area contributed by atoms with Crippen LogP contribution in [0.15, 0.2) is 60.7 Å². The number of nitrogens with zero attached hydrogens (tertiary/aromatic N) is 1. The molecular formula is C18H19N. The summed E-state index contributed by atoms with van der Waals surface area (Å²) in [6.45, 7) is 9.35. The zero-order valence-corrected chi connectivity index (χ0v) is 11.1. The highest BCUT2D eigenvalue weighted by atomic mass is 15.1. The summed E-state index contributed by atoms with van der Waals surface area (Å²) in [4.78, 5) is 2.46. The van der Waals surface area contributed by atoms with Gasteiger partial charge in [-0.15, -0.1) is 0 Å². The highest BCUT2D eigenvalue weighted by Crippen LogP contribution is 2.32. The maximum absolute atomic E-state index is 6.31. The van der Waals surface area contributed by atoms with Crippen LogP contribution in [0.1, 0.15) is 17.0 Å². The molecule has 0 aromatic heterocycles. The summed E-state index contributed by atoms with van der Waals surface area (Å²) >= 11 is 0. The second-order valence-corrected chi connectivity index (χ2v) is 5.36. The Morgan fingerprint density at radius 1 is 0.895 bits per heavy atom. The van der Waals surface area contributed by atoms with Crippen LogP contribution in [0, 0.1) is 12.8 Å². The molecule has 1 aliphatic heterocycles. The predicted octanol–water partition coefficient (Wildman–Crippen LogP) is 3.61. The predicted molar refractivity (Wildman–Crippen MR) is 78.7 cm³/mol. The number of rotatable bonds is 3. The Morgan fingerprint density at radius 2 is 1.53 bits per heavy atom. The van der Waals surface area contributed by atoms with Crippen LogP contribution in [-0.4, -0.2) is 18.0 Å². The van der Waals surface area contributed by atoms with Crippen LogP contribution in [-0.2, 0) is 6.54 Å². The van der Waals surface area contributed by atoms with Gasteiger partial charge in [-0.1, -0.05) is 60.7 Å². The molecule has 0 bridgehead atoms. The molecule has 1 saturated heterocycles. The molecule has 96 valence electrons. The molecule has 0 amide bonds. The Kier molecular flexibility index (Phi) is 3.65. The number of hydrogen-bond acceptors (Lipinski definition) is 1. The molecule has 2 aromatic rings. The lowest BCUT2D eigenvalue weighted by molar-refractivity contribution is 0.321. The summed E-state index contributed by atoms with van der Waals surface area (Å²) in [7, 11) is 0. The van der Waals surface area contributed by atoms with Crippen LogP contribution in [0.3, 0.4) is 0 Å². The maximum atomic E-state index is 6.31. The molecule has 0 unspecified atom stereocenters. The SMILES string of the molecule is [CH][C@H]1CN(Cc2ccccc2)C[C@@H]1c1ccccc1. The van der Waals surface area contributed by atoms with Crippen molar-refractivity contribution in [3.05, 3.63) is 78.7 Å². The van der Waals surface area contributed by atoms with E-state index in [1.54, 1.807) is 0 Å². The first-order valence-corrected chi connectivity index (χ1v) is 6.90. The molecule has 0 spiro atoms. The lowest BCUT2D eigenvalue weighted by Gasteiger charge is -2.16. The van der Waals surface area contributed by atoms with Crippen LogP contribution in [0.2, 0.25) is 0 Å². The first kappa shape index (κ1) is 12.4. The van der Waals surface area contributed by atoms with E-state index in [0.717, 1.165) is 19.6 Å². The molecular weight excluding hydrogens is 230 g/mol. The Labute approximate surface area is 115 Å². The third kappa shape index (κ3) is 2.87. The smallest absolute Gasteiger partial charge is 0.0234 e. The normalized spacial score (nSPS) is 23.6. The summed E-state index contributed by atoms with van der Waals surface area (Å²) < 4.78 is 0. The van der Waals surface area contributed by atoms with Crippen molar-refractivity contribution in [2.75, 3.05) is 13.1 Å². The van der Waals surface area contributed by atoms with Crippen LogP contribution >= 0.6 is 0 Å². The first-order valence-electron chi connectivity index (χ1n) is 6.90. The molecule has 1 fully saturated rings. The summed E-state index contributed by atoms with van der Waals surface area (Å²) in [5.41, 5.74) is 2.73. The average Bonchev–Trinajstić information content (AvgIpc) is 2.82. The van der Waals surface area contributed by atoms with Gasteiger partial charge in [0.15, 0.2) is 0 Å². The van der Waals surface area contributed by atoms with E-state index in [2.05, 4.69) is 65.6 Å². The van der Waals surface area contributed by atoms with Crippen molar-refractivity contribution in [2.45, 2.75) is 12.5 Å². The maximum Gasteiger partial charge on any atom is 0.0234 e. The monoisotopic (exact) mass is 249 g/mol. The molecule has 1 aliphatic rings.